The molecule has 0 aliphatic rings. The Balaban J connectivity index is 2.08. The van der Waals surface area contributed by atoms with Crippen LogP contribution in [0, 0.1) is 5.41 Å². The fourth-order valence-corrected chi connectivity index (χ4v) is 3.02. The summed E-state index contributed by atoms with van der Waals surface area (Å²) in [5.74, 6) is 0.434. The van der Waals surface area contributed by atoms with Gasteiger partial charge in [-0.15, -0.1) is 0 Å². The molecule has 1 atom stereocenters. The molecular weight excluding hydrogens is 324 g/mol. The van der Waals surface area contributed by atoms with Gasteiger partial charge in [0.1, 0.15) is 11.7 Å². The van der Waals surface area contributed by atoms with Crippen molar-refractivity contribution in [1.29, 1.82) is 5.41 Å². The molecule has 3 rings (SSSR count). The Kier molecular flexibility index (Phi) is 4.38. The van der Waals surface area contributed by atoms with Crippen molar-refractivity contribution in [2.45, 2.75) is 12.8 Å². The molecule has 0 amide bonds. The molecule has 0 radical (unpaired) electrons. The number of rotatable bonds is 3. The highest BCUT2D eigenvalue weighted by Crippen LogP contribution is 2.34. The molecule has 0 saturated carbocycles. The van der Waals surface area contributed by atoms with E-state index < -0.39 is 0 Å². The van der Waals surface area contributed by atoms with Gasteiger partial charge >= 0.3 is 0 Å². The summed E-state index contributed by atoms with van der Waals surface area (Å²) in [4.78, 5) is 4.30. The Morgan fingerprint density at radius 1 is 1.25 bits per heavy atom. The monoisotopic (exact) mass is 340 g/mol. The first kappa shape index (κ1) is 16.2. The molecule has 0 spiro atoms. The summed E-state index contributed by atoms with van der Waals surface area (Å²) < 4.78 is 0. The predicted octanol–water partition coefficient (Wildman–Crippen LogP) is 3.93. The third-order valence-corrected chi connectivity index (χ3v) is 4.40. The number of hydrogen-bond donors (Lipinski definition) is 4. The van der Waals surface area contributed by atoms with E-state index in [9.17, 15) is 0 Å². The van der Waals surface area contributed by atoms with Crippen LogP contribution < -0.4 is 11.2 Å². The largest absolute Gasteiger partial charge is 0.383 e. The molecule has 0 aliphatic heterocycles. The van der Waals surface area contributed by atoms with E-state index in [1.807, 2.05) is 35.8 Å². The van der Waals surface area contributed by atoms with Crippen molar-refractivity contribution in [2.75, 3.05) is 5.73 Å². The fourth-order valence-electron chi connectivity index (χ4n) is 2.85. The standard InChI is InChI=1S/C18H17ClN4O/c1-10(11-2-4-12(5-3-11)17(20)23-24)16-15-8-14(19)7-6-13(15)9-22-18(16)21/h2-10,24H,1H3,(H2,20,23)(H2,21,22). The molecule has 1 unspecified atom stereocenters. The maximum atomic E-state index is 8.81. The summed E-state index contributed by atoms with van der Waals surface area (Å²) in [5.41, 5.74) is 10.5. The number of nitrogens with two attached hydrogens (primary N) is 1. The lowest BCUT2D eigenvalue weighted by Crippen LogP contribution is -2.18. The number of fused-ring (bicyclic) bond motifs is 1. The number of halogens is 1. The molecule has 1 heterocycles. The minimum atomic E-state index is -0.0488. The summed E-state index contributed by atoms with van der Waals surface area (Å²) >= 11 is 6.15. The van der Waals surface area contributed by atoms with E-state index >= 15 is 0 Å². The van der Waals surface area contributed by atoms with E-state index in [1.165, 1.54) is 0 Å². The van der Waals surface area contributed by atoms with Crippen LogP contribution in [0.5, 0.6) is 0 Å². The summed E-state index contributed by atoms with van der Waals surface area (Å²) in [6.45, 7) is 2.05. The first-order valence-corrected chi connectivity index (χ1v) is 7.81. The van der Waals surface area contributed by atoms with Gasteiger partial charge in [-0.05, 0) is 23.1 Å². The molecule has 1 aromatic heterocycles. The van der Waals surface area contributed by atoms with Crippen molar-refractivity contribution in [3.05, 3.63) is 70.4 Å². The Labute approximate surface area is 144 Å². The van der Waals surface area contributed by atoms with E-state index in [1.54, 1.807) is 18.3 Å². The Hall–Kier alpha value is -2.63. The molecule has 5 nitrogen and oxygen atoms in total. The summed E-state index contributed by atoms with van der Waals surface area (Å²) in [5, 5.41) is 19.0. The van der Waals surface area contributed by atoms with Crippen LogP contribution in [0.3, 0.4) is 0 Å². The lowest BCUT2D eigenvalue weighted by Gasteiger charge is -2.17. The second-order valence-electron chi connectivity index (χ2n) is 5.62. The van der Waals surface area contributed by atoms with E-state index in [4.69, 9.17) is 28.0 Å². The van der Waals surface area contributed by atoms with Crippen molar-refractivity contribution >= 4 is 34.0 Å². The van der Waals surface area contributed by atoms with Gasteiger partial charge in [0.05, 0.1) is 0 Å². The molecule has 5 N–H and O–H groups in total. The van der Waals surface area contributed by atoms with Gasteiger partial charge in [0.15, 0.2) is 0 Å². The van der Waals surface area contributed by atoms with Crippen LogP contribution in [-0.4, -0.2) is 16.0 Å². The quantitative estimate of drug-likeness (QED) is 0.330. The van der Waals surface area contributed by atoms with Gasteiger partial charge in [0.2, 0.25) is 0 Å². The van der Waals surface area contributed by atoms with Crippen molar-refractivity contribution in [2.24, 2.45) is 0 Å². The molecule has 0 bridgehead atoms. The normalized spacial score (nSPS) is 12.1. The molecule has 3 aromatic rings. The highest BCUT2D eigenvalue weighted by atomic mass is 35.5. The number of hydrogen-bond acceptors (Lipinski definition) is 4. The van der Waals surface area contributed by atoms with Crippen LogP contribution in [0.15, 0.2) is 48.7 Å². The SMILES string of the molecule is CC(c1ccc(C(=N)NO)cc1)c1c(N)ncc2ccc(Cl)cc12. The Morgan fingerprint density at radius 3 is 2.62 bits per heavy atom. The van der Waals surface area contributed by atoms with E-state index in [0.29, 0.717) is 16.4 Å². The summed E-state index contributed by atoms with van der Waals surface area (Å²) in [7, 11) is 0. The van der Waals surface area contributed by atoms with Gasteiger partial charge in [0.25, 0.3) is 0 Å². The summed E-state index contributed by atoms with van der Waals surface area (Å²) in [6, 6.07) is 13.0. The smallest absolute Gasteiger partial charge is 0.149 e. The third-order valence-electron chi connectivity index (χ3n) is 4.17. The van der Waals surface area contributed by atoms with E-state index in [0.717, 1.165) is 21.9 Å². The van der Waals surface area contributed by atoms with Crippen LogP contribution >= 0.6 is 11.6 Å². The number of pyridine rings is 1. The zero-order valence-corrected chi connectivity index (χ0v) is 13.8. The van der Waals surface area contributed by atoms with Crippen molar-refractivity contribution < 1.29 is 5.21 Å². The van der Waals surface area contributed by atoms with Gasteiger partial charge < -0.3 is 5.73 Å². The average Bonchev–Trinajstić information content (AvgIpc) is 2.60. The van der Waals surface area contributed by atoms with Gasteiger partial charge in [-0.2, -0.15) is 0 Å². The van der Waals surface area contributed by atoms with Crippen molar-refractivity contribution in [1.82, 2.24) is 10.5 Å². The first-order valence-electron chi connectivity index (χ1n) is 7.44. The summed E-state index contributed by atoms with van der Waals surface area (Å²) in [6.07, 6.45) is 1.74. The van der Waals surface area contributed by atoms with Crippen LogP contribution in [0.4, 0.5) is 5.82 Å². The Morgan fingerprint density at radius 2 is 1.96 bits per heavy atom. The lowest BCUT2D eigenvalue weighted by atomic mass is 9.89. The number of anilines is 1. The van der Waals surface area contributed by atoms with Crippen LogP contribution in [0.25, 0.3) is 10.8 Å². The van der Waals surface area contributed by atoms with E-state index in [-0.39, 0.29) is 11.8 Å². The van der Waals surface area contributed by atoms with E-state index in [2.05, 4.69) is 11.9 Å². The number of nitrogen functional groups attached to an aromatic ring is 1. The highest BCUT2D eigenvalue weighted by Gasteiger charge is 2.17. The van der Waals surface area contributed by atoms with Crippen LogP contribution in [-0.2, 0) is 0 Å². The predicted molar refractivity (Wildman–Crippen MR) is 96.9 cm³/mol. The second kappa shape index (κ2) is 6.47. The maximum absolute atomic E-state index is 8.81. The number of amidine groups is 1. The highest BCUT2D eigenvalue weighted by molar-refractivity contribution is 6.31. The maximum Gasteiger partial charge on any atom is 0.149 e. The first-order chi connectivity index (χ1) is 11.5. The molecule has 6 heteroatoms. The third kappa shape index (κ3) is 2.91. The van der Waals surface area contributed by atoms with Gasteiger partial charge in [-0.25, -0.2) is 4.98 Å². The lowest BCUT2D eigenvalue weighted by molar-refractivity contribution is 0.234. The topological polar surface area (TPSA) is 95.0 Å². The number of hydroxylamine groups is 1. The molecule has 2 aromatic carbocycles. The zero-order chi connectivity index (χ0) is 17.3. The number of nitrogens with zero attached hydrogens (tertiary/aromatic N) is 1. The van der Waals surface area contributed by atoms with Crippen LogP contribution in [0.2, 0.25) is 5.02 Å². The number of aromatic nitrogens is 1. The van der Waals surface area contributed by atoms with Crippen molar-refractivity contribution in [3.8, 4) is 0 Å². The fraction of sp³-hybridized carbons (Fsp3) is 0.111. The molecule has 0 aliphatic carbocycles. The second-order valence-corrected chi connectivity index (χ2v) is 6.06. The molecule has 0 saturated heterocycles. The number of benzene rings is 2. The minimum absolute atomic E-state index is 0.00462. The zero-order valence-electron chi connectivity index (χ0n) is 13.0. The van der Waals surface area contributed by atoms with Gasteiger partial charge in [-0.1, -0.05) is 48.9 Å². The average molecular weight is 341 g/mol. The molecular formula is C18H17ClN4O. The molecule has 122 valence electrons. The van der Waals surface area contributed by atoms with Crippen LogP contribution in [0.1, 0.15) is 29.5 Å². The molecule has 24 heavy (non-hydrogen) atoms. The van der Waals surface area contributed by atoms with Crippen molar-refractivity contribution in [3.63, 3.8) is 0 Å². The number of nitrogens with one attached hydrogen (secondary N) is 2. The molecule has 0 fully saturated rings. The van der Waals surface area contributed by atoms with Gasteiger partial charge in [-0.3, -0.25) is 16.1 Å². The van der Waals surface area contributed by atoms with Gasteiger partial charge in [0, 0.05) is 33.7 Å². The Bertz CT molecular complexity index is 904. The minimum Gasteiger partial charge on any atom is -0.383 e.